The molecule has 0 aromatic rings. The summed E-state index contributed by atoms with van der Waals surface area (Å²) in [6, 6.07) is 0.343. The summed E-state index contributed by atoms with van der Waals surface area (Å²) in [6.45, 7) is 2.83. The first kappa shape index (κ1) is 10.9. The third-order valence-corrected chi connectivity index (χ3v) is 2.67. The highest BCUT2D eigenvalue weighted by atomic mass is 32.1. The Bertz CT molecular complexity index is 167. The fourth-order valence-corrected chi connectivity index (χ4v) is 1.56. The van der Waals surface area contributed by atoms with Gasteiger partial charge in [0.1, 0.15) is 0 Å². The molecule has 0 aromatic heterocycles. The van der Waals surface area contributed by atoms with Crippen LogP contribution in [0.3, 0.4) is 0 Å². The van der Waals surface area contributed by atoms with Gasteiger partial charge in [0.2, 0.25) is 0 Å². The van der Waals surface area contributed by atoms with E-state index in [0.29, 0.717) is 12.6 Å². The molecule has 0 saturated carbocycles. The first-order valence-corrected chi connectivity index (χ1v) is 5.19. The maximum atomic E-state index is 8.83. The van der Waals surface area contributed by atoms with Crippen molar-refractivity contribution in [3.8, 4) is 0 Å². The summed E-state index contributed by atoms with van der Waals surface area (Å²) in [4.78, 5) is 0.899. The molecule has 2 atom stereocenters. The Hall–Kier alpha value is -0.190. The molecule has 76 valence electrons. The number of hydrogen-bond donors (Lipinski definition) is 2. The van der Waals surface area contributed by atoms with Gasteiger partial charge >= 0.3 is 0 Å². The molecule has 1 aliphatic heterocycles. The van der Waals surface area contributed by atoms with Gasteiger partial charge in [0, 0.05) is 0 Å². The van der Waals surface area contributed by atoms with Crippen LogP contribution >= 0.6 is 12.2 Å². The quantitative estimate of drug-likeness (QED) is 0.667. The van der Waals surface area contributed by atoms with E-state index in [1.54, 1.807) is 0 Å². The summed E-state index contributed by atoms with van der Waals surface area (Å²) in [5.74, 6) is 0. The first-order chi connectivity index (χ1) is 6.26. The van der Waals surface area contributed by atoms with Gasteiger partial charge in [-0.1, -0.05) is 19.1 Å². The molecule has 2 N–H and O–H groups in total. The van der Waals surface area contributed by atoms with Crippen LogP contribution in [-0.2, 0) is 4.74 Å². The third kappa shape index (κ3) is 3.58. The summed E-state index contributed by atoms with van der Waals surface area (Å²) in [6.07, 6.45) is 2.87. The van der Waals surface area contributed by atoms with Crippen LogP contribution in [0.1, 0.15) is 26.2 Å². The van der Waals surface area contributed by atoms with Gasteiger partial charge in [-0.25, -0.2) is 0 Å². The van der Waals surface area contributed by atoms with Gasteiger partial charge in [-0.3, -0.25) is 0 Å². The molecule has 1 rings (SSSR count). The van der Waals surface area contributed by atoms with E-state index in [4.69, 9.17) is 22.1 Å². The maximum Gasteiger partial charge on any atom is 0.0807 e. The number of thiocarbonyl (C=S) groups is 1. The molecule has 0 unspecified atom stereocenters. The Balaban J connectivity index is 2.21. The number of nitrogens with one attached hydrogen (secondary N) is 1. The molecule has 0 bridgehead atoms. The minimum Gasteiger partial charge on any atom is -0.394 e. The SMILES string of the molecule is CCC(=S)N[C@@H]1CC[C@@H](CO)OC1. The summed E-state index contributed by atoms with van der Waals surface area (Å²) in [7, 11) is 0. The van der Waals surface area contributed by atoms with Gasteiger partial charge in [-0.15, -0.1) is 0 Å². The van der Waals surface area contributed by atoms with Crippen molar-refractivity contribution in [3.05, 3.63) is 0 Å². The Morgan fingerprint density at radius 2 is 2.38 bits per heavy atom. The molecule has 0 spiro atoms. The average molecular weight is 203 g/mol. The molecule has 1 fully saturated rings. The van der Waals surface area contributed by atoms with E-state index >= 15 is 0 Å². The lowest BCUT2D eigenvalue weighted by Gasteiger charge is -2.29. The van der Waals surface area contributed by atoms with Crippen LogP contribution in [0.4, 0.5) is 0 Å². The van der Waals surface area contributed by atoms with Crippen LogP contribution < -0.4 is 5.32 Å². The highest BCUT2D eigenvalue weighted by Crippen LogP contribution is 2.13. The predicted molar refractivity (Wildman–Crippen MR) is 55.9 cm³/mol. The van der Waals surface area contributed by atoms with Gasteiger partial charge in [0.25, 0.3) is 0 Å². The monoisotopic (exact) mass is 203 g/mol. The van der Waals surface area contributed by atoms with Crippen LogP contribution in [0.2, 0.25) is 0 Å². The molecule has 3 nitrogen and oxygen atoms in total. The molecule has 0 aliphatic carbocycles. The molecule has 4 heteroatoms. The molecule has 1 saturated heterocycles. The fraction of sp³-hybridized carbons (Fsp3) is 0.889. The van der Waals surface area contributed by atoms with Crippen molar-refractivity contribution in [2.45, 2.75) is 38.3 Å². The van der Waals surface area contributed by atoms with Crippen LogP contribution in [-0.4, -0.2) is 35.5 Å². The molecule has 0 amide bonds. The predicted octanol–water partition coefficient (Wildman–Crippen LogP) is 0.853. The fourth-order valence-electron chi connectivity index (χ4n) is 1.39. The molecule has 0 radical (unpaired) electrons. The standard InChI is InChI=1S/C9H17NO2S/c1-2-9(13)10-7-3-4-8(5-11)12-6-7/h7-8,11H,2-6H2,1H3,(H,10,13)/t7-,8+/m1/s1. The molecule has 1 aliphatic rings. The zero-order valence-electron chi connectivity index (χ0n) is 7.95. The minimum absolute atomic E-state index is 0.0354. The second-order valence-corrected chi connectivity index (χ2v) is 3.83. The van der Waals surface area contributed by atoms with Gasteiger partial charge in [0.15, 0.2) is 0 Å². The molecule has 1 heterocycles. The summed E-state index contributed by atoms with van der Waals surface area (Å²) >= 11 is 5.08. The molecule has 0 aromatic carbocycles. The first-order valence-electron chi connectivity index (χ1n) is 4.78. The van der Waals surface area contributed by atoms with E-state index in [1.165, 1.54) is 0 Å². The van der Waals surface area contributed by atoms with Crippen molar-refractivity contribution in [3.63, 3.8) is 0 Å². The topological polar surface area (TPSA) is 41.5 Å². The average Bonchev–Trinajstić information content (AvgIpc) is 2.19. The van der Waals surface area contributed by atoms with Crippen molar-refractivity contribution >= 4 is 17.2 Å². The van der Waals surface area contributed by atoms with Crippen molar-refractivity contribution in [2.75, 3.05) is 13.2 Å². The lowest BCUT2D eigenvalue weighted by molar-refractivity contribution is -0.0286. The van der Waals surface area contributed by atoms with Crippen molar-refractivity contribution in [1.82, 2.24) is 5.32 Å². The summed E-state index contributed by atoms with van der Waals surface area (Å²) in [5.41, 5.74) is 0. The molecule has 13 heavy (non-hydrogen) atoms. The van der Waals surface area contributed by atoms with Crippen LogP contribution in [0.25, 0.3) is 0 Å². The number of aliphatic hydroxyl groups is 1. The zero-order valence-corrected chi connectivity index (χ0v) is 8.77. The van der Waals surface area contributed by atoms with Crippen molar-refractivity contribution in [1.29, 1.82) is 0 Å². The third-order valence-electron chi connectivity index (χ3n) is 2.26. The van der Waals surface area contributed by atoms with Crippen molar-refractivity contribution in [2.24, 2.45) is 0 Å². The number of hydrogen-bond acceptors (Lipinski definition) is 3. The van der Waals surface area contributed by atoms with E-state index in [9.17, 15) is 0 Å². The Morgan fingerprint density at radius 1 is 1.62 bits per heavy atom. The highest BCUT2D eigenvalue weighted by Gasteiger charge is 2.20. The van der Waals surface area contributed by atoms with Crippen LogP contribution in [0.5, 0.6) is 0 Å². The lowest BCUT2D eigenvalue weighted by atomic mass is 10.1. The normalized spacial score (nSPS) is 28.5. The summed E-state index contributed by atoms with van der Waals surface area (Å²) < 4.78 is 5.41. The second kappa shape index (κ2) is 5.52. The van der Waals surface area contributed by atoms with Crippen LogP contribution in [0, 0.1) is 0 Å². The number of rotatable bonds is 3. The zero-order chi connectivity index (χ0) is 9.68. The molecular weight excluding hydrogens is 186 g/mol. The van der Waals surface area contributed by atoms with E-state index in [2.05, 4.69) is 5.32 Å². The summed E-state index contributed by atoms with van der Waals surface area (Å²) in [5, 5.41) is 12.1. The van der Waals surface area contributed by atoms with Gasteiger partial charge < -0.3 is 15.2 Å². The van der Waals surface area contributed by atoms with Gasteiger partial charge in [-0.05, 0) is 19.3 Å². The lowest BCUT2D eigenvalue weighted by Crippen LogP contribution is -2.42. The Labute approximate surface area is 84.5 Å². The van der Waals surface area contributed by atoms with Gasteiger partial charge in [-0.2, -0.15) is 0 Å². The number of aliphatic hydroxyl groups excluding tert-OH is 1. The Morgan fingerprint density at radius 3 is 2.85 bits per heavy atom. The minimum atomic E-state index is 0.0354. The number of ether oxygens (including phenoxy) is 1. The van der Waals surface area contributed by atoms with Crippen molar-refractivity contribution < 1.29 is 9.84 Å². The second-order valence-electron chi connectivity index (χ2n) is 3.33. The van der Waals surface area contributed by atoms with E-state index in [1.807, 2.05) is 6.92 Å². The van der Waals surface area contributed by atoms with E-state index < -0.39 is 0 Å². The maximum absolute atomic E-state index is 8.83. The van der Waals surface area contributed by atoms with E-state index in [-0.39, 0.29) is 12.7 Å². The Kier molecular flexibility index (Phi) is 4.62. The van der Waals surface area contributed by atoms with Crippen LogP contribution in [0.15, 0.2) is 0 Å². The van der Waals surface area contributed by atoms with Gasteiger partial charge in [0.05, 0.1) is 30.3 Å². The van der Waals surface area contributed by atoms with E-state index in [0.717, 1.165) is 24.3 Å². The largest absolute Gasteiger partial charge is 0.394 e. The highest BCUT2D eigenvalue weighted by molar-refractivity contribution is 7.80. The smallest absolute Gasteiger partial charge is 0.0807 e. The molecular formula is C9H17NO2S.